The van der Waals surface area contributed by atoms with E-state index in [4.69, 9.17) is 0 Å². The van der Waals surface area contributed by atoms with Crippen LogP contribution in [0.3, 0.4) is 0 Å². The van der Waals surface area contributed by atoms with Gasteiger partial charge < -0.3 is 14.9 Å². The van der Waals surface area contributed by atoms with Crippen LogP contribution in [0.4, 0.5) is 4.79 Å². The SMILES string of the molecule is CN1CC(=O)N(CC(=O)N2C3CCC2CC(O)C3)C1=O. The van der Waals surface area contributed by atoms with E-state index in [1.54, 1.807) is 11.9 Å². The van der Waals surface area contributed by atoms with E-state index in [2.05, 4.69) is 0 Å². The molecule has 3 saturated heterocycles. The minimum absolute atomic E-state index is 0.0394. The third-order valence-corrected chi connectivity index (χ3v) is 4.52. The molecule has 4 amide bonds. The molecule has 0 saturated carbocycles. The van der Waals surface area contributed by atoms with Gasteiger partial charge in [-0.05, 0) is 25.7 Å². The number of imide groups is 1. The molecule has 0 aliphatic carbocycles. The predicted molar refractivity (Wildman–Crippen MR) is 68.6 cm³/mol. The second-order valence-electron chi connectivity index (χ2n) is 5.93. The largest absolute Gasteiger partial charge is 0.393 e. The van der Waals surface area contributed by atoms with Crippen LogP contribution >= 0.6 is 0 Å². The molecule has 0 aromatic rings. The van der Waals surface area contributed by atoms with Gasteiger partial charge in [0, 0.05) is 19.1 Å². The van der Waals surface area contributed by atoms with Gasteiger partial charge in [0.05, 0.1) is 6.10 Å². The van der Waals surface area contributed by atoms with Crippen LogP contribution in [0.25, 0.3) is 0 Å². The average molecular weight is 281 g/mol. The van der Waals surface area contributed by atoms with Crippen molar-refractivity contribution in [3.63, 3.8) is 0 Å². The predicted octanol–water partition coefficient (Wildman–Crippen LogP) is -0.605. The zero-order valence-corrected chi connectivity index (χ0v) is 11.5. The zero-order chi connectivity index (χ0) is 14.4. The van der Waals surface area contributed by atoms with Gasteiger partial charge in [-0.15, -0.1) is 0 Å². The van der Waals surface area contributed by atoms with E-state index >= 15 is 0 Å². The lowest BCUT2D eigenvalue weighted by atomic mass is 10.00. The fourth-order valence-corrected chi connectivity index (χ4v) is 3.60. The molecule has 2 atom stereocenters. The molecule has 0 spiro atoms. The van der Waals surface area contributed by atoms with E-state index in [1.165, 1.54) is 4.90 Å². The maximum Gasteiger partial charge on any atom is 0.327 e. The highest BCUT2D eigenvalue weighted by Gasteiger charge is 2.44. The molecule has 0 aromatic carbocycles. The van der Waals surface area contributed by atoms with Gasteiger partial charge in [-0.1, -0.05) is 0 Å². The van der Waals surface area contributed by atoms with E-state index in [0.29, 0.717) is 12.8 Å². The highest BCUT2D eigenvalue weighted by molar-refractivity contribution is 6.04. The third kappa shape index (κ3) is 2.06. The zero-order valence-electron chi connectivity index (χ0n) is 11.5. The number of carbonyl (C=O) groups is 3. The molecule has 7 nitrogen and oxygen atoms in total. The lowest BCUT2D eigenvalue weighted by molar-refractivity contribution is -0.141. The molecular formula is C13H19N3O4. The summed E-state index contributed by atoms with van der Waals surface area (Å²) in [5.41, 5.74) is 0. The van der Waals surface area contributed by atoms with Gasteiger partial charge in [-0.25, -0.2) is 4.79 Å². The molecule has 20 heavy (non-hydrogen) atoms. The van der Waals surface area contributed by atoms with E-state index in [-0.39, 0.29) is 43.1 Å². The first-order valence-electron chi connectivity index (χ1n) is 7.02. The summed E-state index contributed by atoms with van der Waals surface area (Å²) in [6.07, 6.45) is 2.66. The molecule has 1 N–H and O–H groups in total. The number of likely N-dealkylation sites (N-methyl/N-ethyl adjacent to an activating group) is 1. The van der Waals surface area contributed by atoms with Crippen molar-refractivity contribution in [2.75, 3.05) is 20.1 Å². The van der Waals surface area contributed by atoms with Crippen LogP contribution in [-0.4, -0.2) is 76.0 Å². The lowest BCUT2D eigenvalue weighted by Crippen LogP contribution is -2.52. The number of amides is 4. The first kappa shape index (κ1) is 13.4. The molecule has 3 rings (SSSR count). The Bertz CT molecular complexity index is 453. The van der Waals surface area contributed by atoms with Gasteiger partial charge in [0.2, 0.25) is 5.91 Å². The number of carbonyl (C=O) groups excluding carboxylic acids is 3. The standard InChI is InChI=1S/C13H19N3O4/c1-14-6-11(18)15(13(14)20)7-12(19)16-8-2-3-9(16)5-10(17)4-8/h8-10,17H,2-7H2,1H3. The van der Waals surface area contributed by atoms with Crippen molar-refractivity contribution in [3.05, 3.63) is 0 Å². The van der Waals surface area contributed by atoms with Crippen molar-refractivity contribution < 1.29 is 19.5 Å². The smallest absolute Gasteiger partial charge is 0.327 e. The minimum Gasteiger partial charge on any atom is -0.393 e. The summed E-state index contributed by atoms with van der Waals surface area (Å²) in [4.78, 5) is 40.0. The second kappa shape index (κ2) is 4.73. The summed E-state index contributed by atoms with van der Waals surface area (Å²) >= 11 is 0. The van der Waals surface area contributed by atoms with Crippen LogP contribution in [0, 0.1) is 0 Å². The number of urea groups is 1. The number of hydrogen-bond donors (Lipinski definition) is 1. The topological polar surface area (TPSA) is 81.2 Å². The first-order chi connectivity index (χ1) is 9.47. The van der Waals surface area contributed by atoms with Gasteiger partial charge in [-0.3, -0.25) is 14.5 Å². The molecular weight excluding hydrogens is 262 g/mol. The molecule has 2 bridgehead atoms. The third-order valence-electron chi connectivity index (χ3n) is 4.52. The maximum atomic E-state index is 12.4. The highest BCUT2D eigenvalue weighted by atomic mass is 16.3. The van der Waals surface area contributed by atoms with Crippen LogP contribution in [0.1, 0.15) is 25.7 Å². The van der Waals surface area contributed by atoms with Gasteiger partial charge in [0.1, 0.15) is 13.1 Å². The summed E-state index contributed by atoms with van der Waals surface area (Å²) in [5.74, 6) is -0.503. The maximum absolute atomic E-state index is 12.4. The monoisotopic (exact) mass is 281 g/mol. The van der Waals surface area contributed by atoms with E-state index in [0.717, 1.165) is 17.7 Å². The Morgan fingerprint density at radius 2 is 1.85 bits per heavy atom. The van der Waals surface area contributed by atoms with Crippen LogP contribution in [0.2, 0.25) is 0 Å². The van der Waals surface area contributed by atoms with Crippen molar-refractivity contribution in [1.29, 1.82) is 0 Å². The number of nitrogens with zero attached hydrogens (tertiary/aromatic N) is 3. The Morgan fingerprint density at radius 3 is 2.35 bits per heavy atom. The Kier molecular flexibility index (Phi) is 3.16. The highest BCUT2D eigenvalue weighted by Crippen LogP contribution is 2.35. The Hall–Kier alpha value is -1.63. The molecule has 3 aliphatic rings. The van der Waals surface area contributed by atoms with Gasteiger partial charge in [-0.2, -0.15) is 0 Å². The Labute approximate surface area is 117 Å². The van der Waals surface area contributed by atoms with Crippen molar-refractivity contribution >= 4 is 17.8 Å². The first-order valence-corrected chi connectivity index (χ1v) is 7.02. The van der Waals surface area contributed by atoms with E-state index in [1.807, 2.05) is 0 Å². The van der Waals surface area contributed by atoms with Gasteiger partial charge in [0.25, 0.3) is 5.91 Å². The Balaban J connectivity index is 1.69. The molecule has 0 aromatic heterocycles. The number of aliphatic hydroxyl groups excluding tert-OH is 1. The molecule has 7 heteroatoms. The number of hydrogen-bond acceptors (Lipinski definition) is 4. The molecule has 0 radical (unpaired) electrons. The number of fused-ring (bicyclic) bond motifs is 2. The second-order valence-corrected chi connectivity index (χ2v) is 5.93. The summed E-state index contributed by atoms with van der Waals surface area (Å²) in [6.45, 7) is -0.136. The van der Waals surface area contributed by atoms with Crippen LogP contribution in [-0.2, 0) is 9.59 Å². The van der Waals surface area contributed by atoms with Crippen molar-refractivity contribution in [1.82, 2.24) is 14.7 Å². The molecule has 3 heterocycles. The molecule has 2 unspecified atom stereocenters. The van der Waals surface area contributed by atoms with Gasteiger partial charge in [0.15, 0.2) is 0 Å². The number of aliphatic hydroxyl groups is 1. The van der Waals surface area contributed by atoms with Crippen LogP contribution < -0.4 is 0 Å². The number of piperidine rings is 1. The summed E-state index contributed by atoms with van der Waals surface area (Å²) in [5, 5.41) is 9.73. The summed E-state index contributed by atoms with van der Waals surface area (Å²) < 4.78 is 0. The minimum atomic E-state index is -0.409. The van der Waals surface area contributed by atoms with Gasteiger partial charge >= 0.3 is 6.03 Å². The average Bonchev–Trinajstić information content (AvgIpc) is 2.78. The fraction of sp³-hybridized carbons (Fsp3) is 0.769. The Morgan fingerprint density at radius 1 is 1.25 bits per heavy atom. The van der Waals surface area contributed by atoms with Crippen molar-refractivity contribution in [3.8, 4) is 0 Å². The fourth-order valence-electron chi connectivity index (χ4n) is 3.60. The number of rotatable bonds is 2. The van der Waals surface area contributed by atoms with Crippen LogP contribution in [0.15, 0.2) is 0 Å². The van der Waals surface area contributed by atoms with Crippen LogP contribution in [0.5, 0.6) is 0 Å². The lowest BCUT2D eigenvalue weighted by Gasteiger charge is -2.37. The molecule has 3 aliphatic heterocycles. The van der Waals surface area contributed by atoms with E-state index < -0.39 is 6.03 Å². The van der Waals surface area contributed by atoms with Crippen molar-refractivity contribution in [2.45, 2.75) is 43.9 Å². The van der Waals surface area contributed by atoms with Crippen molar-refractivity contribution in [2.24, 2.45) is 0 Å². The molecule has 110 valence electrons. The van der Waals surface area contributed by atoms with E-state index in [9.17, 15) is 19.5 Å². The summed E-state index contributed by atoms with van der Waals surface area (Å²) in [7, 11) is 1.55. The normalized spacial score (nSPS) is 33.3. The molecule has 3 fully saturated rings. The quantitative estimate of drug-likeness (QED) is 0.685. The summed E-state index contributed by atoms with van der Waals surface area (Å²) in [6, 6.07) is -0.295.